The van der Waals surface area contributed by atoms with Crippen molar-refractivity contribution in [1.82, 2.24) is 19.4 Å². The highest BCUT2D eigenvalue weighted by Gasteiger charge is 2.35. The van der Waals surface area contributed by atoms with E-state index in [1.165, 1.54) is 6.34 Å². The SMILES string of the molecule is CN(C)C=Nc1nc2c(ccn2[C@H]2C[C@H](O)[C@@H](CO)O2)c(=O)[nH]1. The molecule has 2 aromatic heterocycles. The molecule has 3 atom stereocenters. The van der Waals surface area contributed by atoms with E-state index in [2.05, 4.69) is 15.0 Å². The fourth-order valence-electron chi connectivity index (χ4n) is 2.55. The van der Waals surface area contributed by atoms with Crippen molar-refractivity contribution in [2.75, 3.05) is 20.7 Å². The number of aromatic amines is 1. The van der Waals surface area contributed by atoms with Gasteiger partial charge in [-0.05, 0) is 6.07 Å². The quantitative estimate of drug-likeness (QED) is 0.520. The molecule has 124 valence electrons. The Morgan fingerprint density at radius 1 is 1.61 bits per heavy atom. The van der Waals surface area contributed by atoms with E-state index in [0.717, 1.165) is 0 Å². The summed E-state index contributed by atoms with van der Waals surface area (Å²) < 4.78 is 7.30. The zero-order valence-corrected chi connectivity index (χ0v) is 12.9. The number of hydrogen-bond donors (Lipinski definition) is 3. The Bertz CT molecular complexity index is 781. The summed E-state index contributed by atoms with van der Waals surface area (Å²) in [7, 11) is 3.62. The third kappa shape index (κ3) is 2.98. The predicted molar refractivity (Wildman–Crippen MR) is 83.8 cm³/mol. The van der Waals surface area contributed by atoms with Gasteiger partial charge in [0.15, 0.2) is 5.65 Å². The molecule has 1 saturated heterocycles. The first-order valence-electron chi connectivity index (χ1n) is 7.25. The Morgan fingerprint density at radius 2 is 2.39 bits per heavy atom. The highest BCUT2D eigenvalue weighted by atomic mass is 16.5. The molecule has 0 aromatic carbocycles. The van der Waals surface area contributed by atoms with Gasteiger partial charge in [0, 0.05) is 26.7 Å². The summed E-state index contributed by atoms with van der Waals surface area (Å²) in [6.45, 7) is -0.261. The number of aliphatic imine (C=N–C) groups is 1. The fraction of sp³-hybridized carbons (Fsp3) is 0.500. The molecule has 0 aliphatic carbocycles. The van der Waals surface area contributed by atoms with Gasteiger partial charge in [0.25, 0.3) is 5.56 Å². The molecule has 0 amide bonds. The van der Waals surface area contributed by atoms with Crippen molar-refractivity contribution in [1.29, 1.82) is 0 Å². The molecule has 0 saturated carbocycles. The van der Waals surface area contributed by atoms with Crippen LogP contribution in [0.25, 0.3) is 11.0 Å². The summed E-state index contributed by atoms with van der Waals surface area (Å²) in [6, 6.07) is 1.64. The lowest BCUT2D eigenvalue weighted by atomic mass is 10.2. The van der Waals surface area contributed by atoms with Crippen LogP contribution in [0.15, 0.2) is 22.1 Å². The first-order valence-corrected chi connectivity index (χ1v) is 7.25. The first kappa shape index (κ1) is 15.7. The van der Waals surface area contributed by atoms with Crippen LogP contribution in [0.4, 0.5) is 5.95 Å². The standard InChI is InChI=1S/C14H19N5O4/c1-18(2)7-15-14-16-12-8(13(22)17-14)3-4-19(12)11-5-9(21)10(6-20)23-11/h3-4,7,9-11,20-21H,5-6H2,1-2H3,(H,16,17,22)/t9-,10+,11+/m0/s1. The fourth-order valence-corrected chi connectivity index (χ4v) is 2.55. The van der Waals surface area contributed by atoms with E-state index in [1.54, 1.807) is 21.7 Å². The number of H-pyrrole nitrogens is 1. The van der Waals surface area contributed by atoms with E-state index in [0.29, 0.717) is 17.5 Å². The first-order chi connectivity index (χ1) is 11.0. The van der Waals surface area contributed by atoms with Crippen LogP contribution in [0.1, 0.15) is 12.6 Å². The summed E-state index contributed by atoms with van der Waals surface area (Å²) >= 11 is 0. The minimum absolute atomic E-state index is 0.188. The molecule has 9 nitrogen and oxygen atoms in total. The average molecular weight is 321 g/mol. The highest BCUT2D eigenvalue weighted by Crippen LogP contribution is 2.30. The normalized spacial score (nSPS) is 24.8. The second-order valence-corrected chi connectivity index (χ2v) is 5.67. The van der Waals surface area contributed by atoms with Gasteiger partial charge in [0.1, 0.15) is 12.3 Å². The van der Waals surface area contributed by atoms with Gasteiger partial charge in [-0.15, -0.1) is 0 Å². The minimum atomic E-state index is -0.754. The smallest absolute Gasteiger partial charge is 0.261 e. The zero-order valence-electron chi connectivity index (χ0n) is 12.9. The van der Waals surface area contributed by atoms with Crippen LogP contribution in [0.3, 0.4) is 0 Å². The van der Waals surface area contributed by atoms with Gasteiger partial charge in [-0.1, -0.05) is 0 Å². The molecule has 0 unspecified atom stereocenters. The molecule has 0 spiro atoms. The van der Waals surface area contributed by atoms with Gasteiger partial charge in [0.2, 0.25) is 5.95 Å². The van der Waals surface area contributed by atoms with Gasteiger partial charge in [0.05, 0.1) is 24.4 Å². The van der Waals surface area contributed by atoms with Crippen LogP contribution in [0.5, 0.6) is 0 Å². The zero-order chi connectivity index (χ0) is 16.6. The summed E-state index contributed by atoms with van der Waals surface area (Å²) in [5.41, 5.74) is 0.132. The summed E-state index contributed by atoms with van der Waals surface area (Å²) in [6.07, 6.45) is 1.67. The lowest BCUT2D eigenvalue weighted by Crippen LogP contribution is -2.24. The summed E-state index contributed by atoms with van der Waals surface area (Å²) in [5, 5.41) is 19.5. The Labute approximate surface area is 131 Å². The number of hydrogen-bond acceptors (Lipinski definition) is 6. The molecule has 2 aromatic rings. The molecule has 3 rings (SSSR count). The van der Waals surface area contributed by atoms with Gasteiger partial charge < -0.3 is 24.4 Å². The van der Waals surface area contributed by atoms with Gasteiger partial charge in [-0.2, -0.15) is 4.98 Å². The second kappa shape index (κ2) is 6.11. The number of aromatic nitrogens is 3. The molecule has 1 aliphatic rings. The lowest BCUT2D eigenvalue weighted by Gasteiger charge is -2.14. The number of nitrogens with zero attached hydrogens (tertiary/aromatic N) is 4. The van der Waals surface area contributed by atoms with Crippen LogP contribution >= 0.6 is 0 Å². The molecule has 0 bridgehead atoms. The van der Waals surface area contributed by atoms with E-state index in [4.69, 9.17) is 4.74 Å². The van der Waals surface area contributed by atoms with E-state index < -0.39 is 18.4 Å². The molecular formula is C14H19N5O4. The average Bonchev–Trinajstić information content (AvgIpc) is 3.08. The van der Waals surface area contributed by atoms with Crippen molar-refractivity contribution < 1.29 is 14.9 Å². The Morgan fingerprint density at radius 3 is 3.04 bits per heavy atom. The van der Waals surface area contributed by atoms with Crippen LogP contribution in [-0.2, 0) is 4.74 Å². The largest absolute Gasteiger partial charge is 0.394 e. The molecule has 1 fully saturated rings. The number of aliphatic hydroxyl groups is 2. The topological polar surface area (TPSA) is 116 Å². The van der Waals surface area contributed by atoms with Gasteiger partial charge in [-0.3, -0.25) is 9.78 Å². The predicted octanol–water partition coefficient (Wildman–Crippen LogP) is -0.413. The van der Waals surface area contributed by atoms with E-state index in [9.17, 15) is 15.0 Å². The third-order valence-corrected chi connectivity index (χ3v) is 3.67. The Balaban J connectivity index is 2.00. The van der Waals surface area contributed by atoms with E-state index >= 15 is 0 Å². The van der Waals surface area contributed by atoms with Crippen molar-refractivity contribution in [3.8, 4) is 0 Å². The molecule has 3 N–H and O–H groups in total. The van der Waals surface area contributed by atoms with Crippen molar-refractivity contribution in [3.05, 3.63) is 22.6 Å². The maximum atomic E-state index is 12.1. The van der Waals surface area contributed by atoms with Crippen LogP contribution in [0, 0.1) is 0 Å². The monoisotopic (exact) mass is 321 g/mol. The van der Waals surface area contributed by atoms with Crippen LogP contribution < -0.4 is 5.56 Å². The number of rotatable bonds is 4. The molecule has 3 heterocycles. The molecule has 23 heavy (non-hydrogen) atoms. The van der Waals surface area contributed by atoms with Crippen molar-refractivity contribution >= 4 is 23.3 Å². The van der Waals surface area contributed by atoms with E-state index in [1.807, 2.05) is 14.1 Å². The highest BCUT2D eigenvalue weighted by molar-refractivity contribution is 5.76. The maximum absolute atomic E-state index is 12.1. The van der Waals surface area contributed by atoms with Gasteiger partial charge >= 0.3 is 0 Å². The molecule has 1 aliphatic heterocycles. The van der Waals surface area contributed by atoms with Crippen LogP contribution in [-0.4, -0.2) is 68.9 Å². The van der Waals surface area contributed by atoms with Gasteiger partial charge in [-0.25, -0.2) is 4.99 Å². The van der Waals surface area contributed by atoms with E-state index in [-0.39, 0.29) is 18.1 Å². The van der Waals surface area contributed by atoms with Crippen molar-refractivity contribution in [2.45, 2.75) is 24.9 Å². The van der Waals surface area contributed by atoms with Crippen molar-refractivity contribution in [2.24, 2.45) is 4.99 Å². The Kier molecular flexibility index (Phi) is 4.16. The molecule has 0 radical (unpaired) electrons. The Hall–Kier alpha value is -2.23. The summed E-state index contributed by atoms with van der Waals surface area (Å²) in [4.78, 5) is 24.9. The summed E-state index contributed by atoms with van der Waals surface area (Å²) in [5.74, 6) is 0.188. The number of aliphatic hydroxyl groups excluding tert-OH is 2. The minimum Gasteiger partial charge on any atom is -0.394 e. The number of nitrogens with one attached hydrogen (secondary N) is 1. The second-order valence-electron chi connectivity index (χ2n) is 5.67. The number of fused-ring (bicyclic) bond motifs is 1. The number of ether oxygens (including phenoxy) is 1. The van der Waals surface area contributed by atoms with Crippen molar-refractivity contribution in [3.63, 3.8) is 0 Å². The molecule has 9 heteroatoms. The maximum Gasteiger partial charge on any atom is 0.261 e. The lowest BCUT2D eigenvalue weighted by molar-refractivity contribution is -0.0430. The molecular weight excluding hydrogens is 302 g/mol. The van der Waals surface area contributed by atoms with Crippen LogP contribution in [0.2, 0.25) is 0 Å². The third-order valence-electron chi connectivity index (χ3n) is 3.67.